The molecule has 2 aromatic carbocycles. The maximum Gasteiger partial charge on any atom is 0.437 e. The van der Waals surface area contributed by atoms with Gasteiger partial charge in [0, 0.05) is 37.4 Å². The van der Waals surface area contributed by atoms with Crippen molar-refractivity contribution in [2.75, 3.05) is 36.0 Å². The minimum Gasteiger partial charge on any atom is -0.443 e. The van der Waals surface area contributed by atoms with Crippen molar-refractivity contribution < 1.29 is 13.9 Å². The van der Waals surface area contributed by atoms with E-state index in [1.54, 1.807) is 12.1 Å². The lowest BCUT2D eigenvalue weighted by Gasteiger charge is -2.38. The predicted octanol–water partition coefficient (Wildman–Crippen LogP) is 1.81. The van der Waals surface area contributed by atoms with Gasteiger partial charge in [-0.2, -0.15) is 10.5 Å². The molecule has 1 amide bonds. The summed E-state index contributed by atoms with van der Waals surface area (Å²) in [5.41, 5.74) is 12.7. The van der Waals surface area contributed by atoms with E-state index in [1.165, 1.54) is 6.07 Å². The Morgan fingerprint density at radius 1 is 1.06 bits per heavy atom. The number of rotatable bonds is 4. The number of benzene rings is 2. The van der Waals surface area contributed by atoms with E-state index in [0.29, 0.717) is 37.4 Å². The molecule has 0 atom stereocenters. The van der Waals surface area contributed by atoms with E-state index in [-0.39, 0.29) is 17.7 Å². The average Bonchev–Trinajstić information content (AvgIpc) is 2.77. The van der Waals surface area contributed by atoms with Gasteiger partial charge in [0.1, 0.15) is 18.5 Å². The molecule has 0 bridgehead atoms. The molecule has 3 rings (SSSR count). The van der Waals surface area contributed by atoms with Crippen LogP contribution in [0.1, 0.15) is 16.7 Å². The van der Waals surface area contributed by atoms with Crippen LogP contribution in [0.25, 0.3) is 0 Å². The molecule has 1 heterocycles. The quantitative estimate of drug-likeness (QED) is 0.561. The monoisotopic (exact) mass is 421 g/mol. The Hall–Kier alpha value is -4.31. The van der Waals surface area contributed by atoms with Crippen molar-refractivity contribution in [3.05, 3.63) is 58.9 Å². The number of guanidine groups is 1. The van der Waals surface area contributed by atoms with Gasteiger partial charge in [-0.3, -0.25) is 0 Å². The third-order valence-electron chi connectivity index (χ3n) is 4.84. The zero-order valence-electron chi connectivity index (χ0n) is 16.6. The van der Waals surface area contributed by atoms with Crippen LogP contribution in [0.5, 0.6) is 0 Å². The number of ether oxygens (including phenoxy) is 1. The van der Waals surface area contributed by atoms with Gasteiger partial charge in [0.2, 0.25) is 0 Å². The predicted molar refractivity (Wildman–Crippen MR) is 113 cm³/mol. The second-order valence-electron chi connectivity index (χ2n) is 6.80. The minimum absolute atomic E-state index is 0.114. The highest BCUT2D eigenvalue weighted by atomic mass is 19.1. The molecule has 10 heteroatoms. The summed E-state index contributed by atoms with van der Waals surface area (Å²) in [7, 11) is 0. The van der Waals surface area contributed by atoms with Crippen molar-refractivity contribution in [3.8, 4) is 12.1 Å². The van der Waals surface area contributed by atoms with Gasteiger partial charge in [-0.05, 0) is 36.4 Å². The third kappa shape index (κ3) is 5.19. The topological polar surface area (TPSA) is 145 Å². The summed E-state index contributed by atoms with van der Waals surface area (Å²) in [5, 5.41) is 18.4. The van der Waals surface area contributed by atoms with E-state index in [2.05, 4.69) is 16.0 Å². The molecule has 0 spiro atoms. The summed E-state index contributed by atoms with van der Waals surface area (Å²) in [6.45, 7) is 2.21. The van der Waals surface area contributed by atoms with Crippen LogP contribution < -0.4 is 21.3 Å². The first kappa shape index (κ1) is 21.4. The van der Waals surface area contributed by atoms with E-state index in [9.17, 15) is 14.4 Å². The lowest BCUT2D eigenvalue weighted by molar-refractivity contribution is 0.149. The Bertz CT molecular complexity index is 1070. The number of nitrogens with two attached hydrogens (primary N) is 2. The summed E-state index contributed by atoms with van der Waals surface area (Å²) in [6.07, 6.45) is -1.03. The molecule has 4 N–H and O–H groups in total. The maximum absolute atomic E-state index is 14.4. The number of hydrogen-bond donors (Lipinski definition) is 2. The molecule has 0 saturated carbocycles. The van der Waals surface area contributed by atoms with Crippen molar-refractivity contribution in [2.24, 2.45) is 16.5 Å². The molecule has 1 saturated heterocycles. The maximum atomic E-state index is 14.4. The number of carbonyl (C=O) groups is 1. The van der Waals surface area contributed by atoms with Crippen LogP contribution in [0.3, 0.4) is 0 Å². The Labute approximate surface area is 178 Å². The van der Waals surface area contributed by atoms with Crippen molar-refractivity contribution in [2.45, 2.75) is 6.61 Å². The molecule has 0 aliphatic carbocycles. The second-order valence-corrected chi connectivity index (χ2v) is 6.80. The molecule has 1 aliphatic heterocycles. The van der Waals surface area contributed by atoms with Crippen LogP contribution >= 0.6 is 0 Å². The average molecular weight is 421 g/mol. The number of amides is 1. The first-order valence-corrected chi connectivity index (χ1v) is 9.40. The molecule has 0 aromatic heterocycles. The fourth-order valence-corrected chi connectivity index (χ4v) is 3.30. The van der Waals surface area contributed by atoms with Crippen LogP contribution in [-0.4, -0.2) is 38.2 Å². The smallest absolute Gasteiger partial charge is 0.437 e. The molecular formula is C21H20FN7O2. The first-order chi connectivity index (χ1) is 14.9. The van der Waals surface area contributed by atoms with Crippen molar-refractivity contribution in [1.82, 2.24) is 0 Å². The van der Waals surface area contributed by atoms with Gasteiger partial charge in [0.15, 0.2) is 5.96 Å². The Balaban J connectivity index is 1.73. The molecule has 0 unspecified atom stereocenters. The number of aliphatic imine (C=N–C) groups is 1. The van der Waals surface area contributed by atoms with Gasteiger partial charge < -0.3 is 26.0 Å². The van der Waals surface area contributed by atoms with Gasteiger partial charge >= 0.3 is 6.09 Å². The van der Waals surface area contributed by atoms with Crippen molar-refractivity contribution >= 4 is 23.4 Å². The van der Waals surface area contributed by atoms with E-state index in [0.717, 1.165) is 11.8 Å². The Morgan fingerprint density at radius 2 is 1.71 bits per heavy atom. The van der Waals surface area contributed by atoms with Gasteiger partial charge in [-0.15, -0.1) is 4.99 Å². The Morgan fingerprint density at radius 3 is 2.29 bits per heavy atom. The molecule has 2 aromatic rings. The highest BCUT2D eigenvalue weighted by molar-refractivity contribution is 5.87. The first-order valence-electron chi connectivity index (χ1n) is 9.40. The zero-order chi connectivity index (χ0) is 22.4. The number of nitriles is 2. The Kier molecular flexibility index (Phi) is 6.53. The normalized spacial score (nSPS) is 13.1. The minimum atomic E-state index is -1.03. The van der Waals surface area contributed by atoms with E-state index in [4.69, 9.17) is 21.5 Å². The van der Waals surface area contributed by atoms with Crippen LogP contribution in [0, 0.1) is 28.5 Å². The lowest BCUT2D eigenvalue weighted by atomic mass is 10.1. The number of halogens is 1. The summed E-state index contributed by atoms with van der Waals surface area (Å²) in [6, 6.07) is 14.1. The summed E-state index contributed by atoms with van der Waals surface area (Å²) >= 11 is 0. The van der Waals surface area contributed by atoms with Gasteiger partial charge in [-0.1, -0.05) is 0 Å². The standard InChI is InChI=1S/C21H20FN7O2/c22-18-9-15(12-24)19(10-16(18)13-31-21(30)27-20(25)26)29-7-5-28(6-8-29)17-3-1-14(11-23)2-4-17/h1-4,9-10H,5-8,13H2,(H4,25,26,27,30). The summed E-state index contributed by atoms with van der Waals surface area (Å²) in [4.78, 5) is 18.9. The number of anilines is 2. The van der Waals surface area contributed by atoms with Gasteiger partial charge in [0.25, 0.3) is 0 Å². The van der Waals surface area contributed by atoms with Crippen LogP contribution in [0.2, 0.25) is 0 Å². The molecule has 9 nitrogen and oxygen atoms in total. The van der Waals surface area contributed by atoms with E-state index >= 15 is 0 Å². The molecular weight excluding hydrogens is 401 g/mol. The second kappa shape index (κ2) is 9.46. The fraction of sp³-hybridized carbons (Fsp3) is 0.238. The molecule has 158 valence electrons. The summed E-state index contributed by atoms with van der Waals surface area (Å²) in [5.74, 6) is -1.11. The summed E-state index contributed by atoms with van der Waals surface area (Å²) < 4.78 is 19.2. The number of hydrogen-bond acceptors (Lipinski definition) is 6. The van der Waals surface area contributed by atoms with Crippen LogP contribution in [-0.2, 0) is 11.3 Å². The largest absolute Gasteiger partial charge is 0.443 e. The number of nitrogens with zero attached hydrogens (tertiary/aromatic N) is 5. The van der Waals surface area contributed by atoms with Crippen LogP contribution in [0.15, 0.2) is 41.4 Å². The molecule has 31 heavy (non-hydrogen) atoms. The zero-order valence-corrected chi connectivity index (χ0v) is 16.6. The SMILES string of the molecule is N#Cc1ccc(N2CCN(c3cc(COC(=O)N=C(N)N)c(F)cc3C#N)CC2)cc1. The number of carbonyl (C=O) groups excluding carboxylic acids is 1. The molecule has 1 fully saturated rings. The van der Waals surface area contributed by atoms with Gasteiger partial charge in [0.05, 0.1) is 22.9 Å². The van der Waals surface area contributed by atoms with E-state index in [1.807, 2.05) is 23.1 Å². The van der Waals surface area contributed by atoms with Crippen molar-refractivity contribution in [3.63, 3.8) is 0 Å². The fourth-order valence-electron chi connectivity index (χ4n) is 3.30. The van der Waals surface area contributed by atoms with Crippen LogP contribution in [0.4, 0.5) is 20.6 Å². The highest BCUT2D eigenvalue weighted by Gasteiger charge is 2.22. The van der Waals surface area contributed by atoms with Gasteiger partial charge in [-0.25, -0.2) is 9.18 Å². The highest BCUT2D eigenvalue weighted by Crippen LogP contribution is 2.27. The third-order valence-corrected chi connectivity index (χ3v) is 4.84. The lowest BCUT2D eigenvalue weighted by Crippen LogP contribution is -2.46. The number of piperazine rings is 1. The molecule has 1 aliphatic rings. The molecule has 0 radical (unpaired) electrons. The van der Waals surface area contributed by atoms with Crippen molar-refractivity contribution in [1.29, 1.82) is 10.5 Å². The van der Waals surface area contributed by atoms with E-state index < -0.39 is 17.9 Å².